The molecule has 0 saturated heterocycles. The quantitative estimate of drug-likeness (QED) is 0.752. The standard InChI is InChI=1S/C8H7BrN2/c9-7-3-5-11-8(6-7)2-1-4-10/h3,5-6H,1-2H2. The molecule has 0 N–H and O–H groups in total. The molecular formula is C8H7BrN2. The van der Waals surface area contributed by atoms with Crippen molar-refractivity contribution < 1.29 is 0 Å². The van der Waals surface area contributed by atoms with Crippen molar-refractivity contribution in [2.24, 2.45) is 0 Å². The maximum atomic E-state index is 8.31. The van der Waals surface area contributed by atoms with Gasteiger partial charge in [-0.05, 0) is 12.1 Å². The van der Waals surface area contributed by atoms with E-state index in [4.69, 9.17) is 5.26 Å². The van der Waals surface area contributed by atoms with Crippen LogP contribution in [-0.4, -0.2) is 4.98 Å². The molecule has 0 spiro atoms. The van der Waals surface area contributed by atoms with Gasteiger partial charge >= 0.3 is 0 Å². The van der Waals surface area contributed by atoms with Gasteiger partial charge in [0.05, 0.1) is 6.07 Å². The molecule has 1 aromatic rings. The summed E-state index contributed by atoms with van der Waals surface area (Å²) in [6.45, 7) is 0. The summed E-state index contributed by atoms with van der Waals surface area (Å²) < 4.78 is 1.01. The lowest BCUT2D eigenvalue weighted by Gasteiger charge is -1.95. The van der Waals surface area contributed by atoms with E-state index in [9.17, 15) is 0 Å². The Balaban J connectivity index is 2.65. The highest BCUT2D eigenvalue weighted by Crippen LogP contribution is 2.09. The van der Waals surface area contributed by atoms with Gasteiger partial charge in [0.1, 0.15) is 0 Å². The average Bonchev–Trinajstić information content (AvgIpc) is 2.01. The van der Waals surface area contributed by atoms with Crippen LogP contribution in [0.5, 0.6) is 0 Å². The van der Waals surface area contributed by atoms with Crippen molar-refractivity contribution in [3.63, 3.8) is 0 Å². The van der Waals surface area contributed by atoms with E-state index in [1.165, 1.54) is 0 Å². The molecule has 0 saturated carbocycles. The second kappa shape index (κ2) is 4.09. The van der Waals surface area contributed by atoms with Crippen LogP contribution < -0.4 is 0 Å². The average molecular weight is 211 g/mol. The van der Waals surface area contributed by atoms with Crippen molar-refractivity contribution in [3.05, 3.63) is 28.5 Å². The molecule has 0 radical (unpaired) electrons. The molecule has 0 amide bonds. The van der Waals surface area contributed by atoms with Crippen LogP contribution in [0.25, 0.3) is 0 Å². The summed E-state index contributed by atoms with van der Waals surface area (Å²) in [5.74, 6) is 0. The number of nitrogens with zero attached hydrogens (tertiary/aromatic N) is 2. The van der Waals surface area contributed by atoms with Gasteiger partial charge in [-0.2, -0.15) is 5.26 Å². The maximum absolute atomic E-state index is 8.31. The third-order valence-corrected chi connectivity index (χ3v) is 1.76. The molecule has 0 aliphatic rings. The summed E-state index contributed by atoms with van der Waals surface area (Å²) in [7, 11) is 0. The summed E-state index contributed by atoms with van der Waals surface area (Å²) in [4.78, 5) is 4.10. The van der Waals surface area contributed by atoms with E-state index < -0.39 is 0 Å². The molecule has 3 heteroatoms. The minimum Gasteiger partial charge on any atom is -0.261 e. The molecule has 0 aromatic carbocycles. The minimum atomic E-state index is 0.531. The van der Waals surface area contributed by atoms with Gasteiger partial charge in [0.2, 0.25) is 0 Å². The van der Waals surface area contributed by atoms with Crippen molar-refractivity contribution in [3.8, 4) is 6.07 Å². The lowest BCUT2D eigenvalue weighted by molar-refractivity contribution is 0.949. The van der Waals surface area contributed by atoms with E-state index in [0.29, 0.717) is 6.42 Å². The Morgan fingerprint density at radius 1 is 1.64 bits per heavy atom. The number of hydrogen-bond acceptors (Lipinski definition) is 2. The summed E-state index contributed by atoms with van der Waals surface area (Å²) in [5.41, 5.74) is 0.959. The van der Waals surface area contributed by atoms with Crippen LogP contribution in [0.3, 0.4) is 0 Å². The summed E-state index contributed by atoms with van der Waals surface area (Å²) in [5, 5.41) is 8.31. The van der Waals surface area contributed by atoms with E-state index in [-0.39, 0.29) is 0 Å². The number of aromatic nitrogens is 1. The van der Waals surface area contributed by atoms with Crippen LogP contribution in [0.15, 0.2) is 22.8 Å². The predicted molar refractivity (Wildman–Crippen MR) is 45.9 cm³/mol. The Bertz CT molecular complexity index is 278. The van der Waals surface area contributed by atoms with Gasteiger partial charge in [0, 0.05) is 29.2 Å². The minimum absolute atomic E-state index is 0.531. The Hall–Kier alpha value is -0.880. The monoisotopic (exact) mass is 210 g/mol. The Labute approximate surface area is 74.0 Å². The van der Waals surface area contributed by atoms with Crippen LogP contribution in [0.2, 0.25) is 0 Å². The first kappa shape index (κ1) is 8.22. The number of aryl methyl sites for hydroxylation is 1. The summed E-state index contributed by atoms with van der Waals surface area (Å²) in [6, 6.07) is 5.88. The van der Waals surface area contributed by atoms with Crippen molar-refractivity contribution >= 4 is 15.9 Å². The zero-order valence-corrected chi connectivity index (χ0v) is 7.50. The first-order valence-corrected chi connectivity index (χ1v) is 4.09. The van der Waals surface area contributed by atoms with Gasteiger partial charge in [-0.15, -0.1) is 0 Å². The van der Waals surface area contributed by atoms with Gasteiger partial charge in [0.25, 0.3) is 0 Å². The highest BCUT2D eigenvalue weighted by atomic mass is 79.9. The van der Waals surface area contributed by atoms with E-state index in [1.807, 2.05) is 12.1 Å². The predicted octanol–water partition coefficient (Wildman–Crippen LogP) is 2.30. The van der Waals surface area contributed by atoms with E-state index in [0.717, 1.165) is 16.6 Å². The number of halogens is 1. The molecule has 1 heterocycles. The lowest BCUT2D eigenvalue weighted by atomic mass is 10.2. The maximum Gasteiger partial charge on any atom is 0.0625 e. The molecule has 56 valence electrons. The lowest BCUT2D eigenvalue weighted by Crippen LogP contribution is -1.87. The van der Waals surface area contributed by atoms with E-state index in [2.05, 4.69) is 27.0 Å². The zero-order valence-electron chi connectivity index (χ0n) is 5.92. The van der Waals surface area contributed by atoms with Crippen LogP contribution in [-0.2, 0) is 6.42 Å². The molecule has 1 aromatic heterocycles. The van der Waals surface area contributed by atoms with Crippen molar-refractivity contribution in [1.82, 2.24) is 4.98 Å². The first-order valence-electron chi connectivity index (χ1n) is 3.30. The molecule has 0 fully saturated rings. The molecule has 0 aliphatic carbocycles. The second-order valence-electron chi connectivity index (χ2n) is 2.12. The number of rotatable bonds is 2. The zero-order chi connectivity index (χ0) is 8.10. The van der Waals surface area contributed by atoms with Crippen LogP contribution in [0.1, 0.15) is 12.1 Å². The SMILES string of the molecule is N#CCCc1cc(Br)ccn1. The van der Waals surface area contributed by atoms with Crippen LogP contribution in [0, 0.1) is 11.3 Å². The summed E-state index contributed by atoms with van der Waals surface area (Å²) in [6.07, 6.45) is 3.00. The molecule has 0 aliphatic heterocycles. The van der Waals surface area contributed by atoms with Crippen molar-refractivity contribution in [2.75, 3.05) is 0 Å². The number of nitriles is 1. The van der Waals surface area contributed by atoms with Gasteiger partial charge in [-0.1, -0.05) is 15.9 Å². The molecule has 1 rings (SSSR count). The fourth-order valence-electron chi connectivity index (χ4n) is 0.769. The van der Waals surface area contributed by atoms with Crippen molar-refractivity contribution in [1.29, 1.82) is 5.26 Å². The highest BCUT2D eigenvalue weighted by Gasteiger charge is 1.93. The number of hydrogen-bond donors (Lipinski definition) is 0. The Morgan fingerprint density at radius 3 is 3.09 bits per heavy atom. The van der Waals surface area contributed by atoms with E-state index in [1.54, 1.807) is 6.20 Å². The third-order valence-electron chi connectivity index (χ3n) is 1.27. The molecule has 0 unspecified atom stereocenters. The van der Waals surface area contributed by atoms with E-state index >= 15 is 0 Å². The molecular weight excluding hydrogens is 204 g/mol. The van der Waals surface area contributed by atoms with Crippen LogP contribution >= 0.6 is 15.9 Å². The van der Waals surface area contributed by atoms with Gasteiger partial charge < -0.3 is 0 Å². The van der Waals surface area contributed by atoms with Crippen molar-refractivity contribution in [2.45, 2.75) is 12.8 Å². The second-order valence-corrected chi connectivity index (χ2v) is 3.04. The number of pyridine rings is 1. The van der Waals surface area contributed by atoms with Gasteiger partial charge in [0.15, 0.2) is 0 Å². The van der Waals surface area contributed by atoms with Gasteiger partial charge in [-0.3, -0.25) is 4.98 Å². The Morgan fingerprint density at radius 2 is 2.45 bits per heavy atom. The molecule has 11 heavy (non-hydrogen) atoms. The fourth-order valence-corrected chi connectivity index (χ4v) is 1.15. The molecule has 2 nitrogen and oxygen atoms in total. The fraction of sp³-hybridized carbons (Fsp3) is 0.250. The topological polar surface area (TPSA) is 36.7 Å². The van der Waals surface area contributed by atoms with Crippen LogP contribution in [0.4, 0.5) is 0 Å². The molecule has 0 atom stereocenters. The van der Waals surface area contributed by atoms with Gasteiger partial charge in [-0.25, -0.2) is 0 Å². The highest BCUT2D eigenvalue weighted by molar-refractivity contribution is 9.10. The normalized spacial score (nSPS) is 9.09. The smallest absolute Gasteiger partial charge is 0.0625 e. The first-order chi connectivity index (χ1) is 5.33. The summed E-state index contributed by atoms with van der Waals surface area (Å²) >= 11 is 3.33. The largest absolute Gasteiger partial charge is 0.261 e. The third kappa shape index (κ3) is 2.69. The Kier molecular flexibility index (Phi) is 3.06. The molecule has 0 bridgehead atoms.